The predicted octanol–water partition coefficient (Wildman–Crippen LogP) is -2.60. The Bertz CT molecular complexity index is 1860. The molecular weight excluding hydrogens is 1170 g/mol. The Morgan fingerprint density at radius 2 is 0.333 bits per heavy atom. The summed E-state index contributed by atoms with van der Waals surface area (Å²) in [5, 5.41) is 62.2. The van der Waals surface area contributed by atoms with Crippen LogP contribution in [0.15, 0.2) is 0 Å². The van der Waals surface area contributed by atoms with Crippen LogP contribution in [0.4, 0.5) is 0 Å². The average molecular weight is 1270 g/mol. The SMILES string of the molecule is COC1[C@H](O[C@H]2C(CCO)O[C@H](O[C@H]3C(CCO)O[C@H](O[C@H]4C(CCO)O[C@H](O[C@H]5C(CCO)O[C@@H](O[C@H]6C(CCO)O[C@@H](OC)C(OC)[C@@H]6OC)C(OC)[C@@H]5OC)C(OC)[C@@H]4OC)C(OC)[C@@H]3OC)C(OC)[C@@H]2OC)OC(CCO)[C@@H](OC)[C@H]1OC. The van der Waals surface area contributed by atoms with E-state index in [1.54, 1.807) is 0 Å². The second-order valence-corrected chi connectivity index (χ2v) is 21.7. The molecule has 512 valence electrons. The lowest BCUT2D eigenvalue weighted by Crippen LogP contribution is -2.68. The van der Waals surface area contributed by atoms with Crippen molar-refractivity contribution < 1.29 is 149 Å². The molecule has 6 saturated heterocycles. The number of aliphatic hydroxyl groups is 6. The summed E-state index contributed by atoms with van der Waals surface area (Å²) in [6.45, 7) is -1.87. The fourth-order valence-electron chi connectivity index (χ4n) is 13.1. The largest absolute Gasteiger partial charge is 0.396 e. The highest BCUT2D eigenvalue weighted by atomic mass is 16.8. The van der Waals surface area contributed by atoms with E-state index in [4.69, 9.17) is 118 Å². The molecule has 0 aromatic rings. The molecule has 0 aromatic heterocycles. The Kier molecular flexibility index (Phi) is 32.3. The average Bonchev–Trinajstić information content (AvgIpc) is 1.77. The molecule has 6 aliphatic heterocycles. The van der Waals surface area contributed by atoms with Crippen LogP contribution in [0.3, 0.4) is 0 Å². The minimum atomic E-state index is -1.29. The number of hydrogen-bond donors (Lipinski definition) is 6. The fourth-order valence-corrected chi connectivity index (χ4v) is 13.1. The molecule has 12 unspecified atom stereocenters. The molecule has 6 heterocycles. The highest BCUT2D eigenvalue weighted by Gasteiger charge is 2.60. The van der Waals surface area contributed by atoms with Crippen LogP contribution in [-0.4, -0.2) is 354 Å². The Morgan fingerprint density at radius 1 is 0.184 bits per heavy atom. The van der Waals surface area contributed by atoms with Crippen LogP contribution < -0.4 is 0 Å². The van der Waals surface area contributed by atoms with Gasteiger partial charge in [-0.25, -0.2) is 0 Å². The van der Waals surface area contributed by atoms with Crippen molar-refractivity contribution in [3.05, 3.63) is 0 Å². The first-order valence-electron chi connectivity index (χ1n) is 29.5. The summed E-state index contributed by atoms with van der Waals surface area (Å²) in [4.78, 5) is 0. The van der Waals surface area contributed by atoms with Gasteiger partial charge in [0.1, 0.15) is 110 Å². The van der Waals surface area contributed by atoms with E-state index in [1.165, 1.54) is 99.5 Å². The van der Waals surface area contributed by atoms with Crippen molar-refractivity contribution in [1.82, 2.24) is 0 Å². The van der Waals surface area contributed by atoms with E-state index in [-0.39, 0.29) is 78.2 Å². The number of methoxy groups -OCH3 is 14. The first-order valence-corrected chi connectivity index (χ1v) is 29.5. The zero-order valence-corrected chi connectivity index (χ0v) is 52.7. The maximum atomic E-state index is 10.6. The first kappa shape index (κ1) is 74.8. The maximum absolute atomic E-state index is 10.6. The van der Waals surface area contributed by atoms with Crippen molar-refractivity contribution >= 4 is 0 Å². The molecule has 0 aromatic carbocycles. The fraction of sp³-hybridized carbons (Fsp3) is 1.00. The van der Waals surface area contributed by atoms with Gasteiger partial charge in [-0.05, 0) is 38.5 Å². The molecule has 87 heavy (non-hydrogen) atoms. The van der Waals surface area contributed by atoms with Gasteiger partial charge < -0.3 is 149 Å². The van der Waals surface area contributed by atoms with Crippen LogP contribution in [0, 0.1) is 0 Å². The Hall–Kier alpha value is -1.24. The topological polar surface area (TPSA) is 352 Å². The molecule has 6 aliphatic rings. The molecule has 30 atom stereocenters. The second-order valence-electron chi connectivity index (χ2n) is 21.7. The van der Waals surface area contributed by atoms with Crippen LogP contribution >= 0.6 is 0 Å². The molecule has 31 heteroatoms. The van der Waals surface area contributed by atoms with E-state index in [0.29, 0.717) is 0 Å². The van der Waals surface area contributed by atoms with Gasteiger partial charge in [0, 0.05) is 139 Å². The first-order chi connectivity index (χ1) is 42.3. The van der Waals surface area contributed by atoms with E-state index >= 15 is 0 Å². The highest BCUT2D eigenvalue weighted by Crippen LogP contribution is 2.42. The van der Waals surface area contributed by atoms with Crippen LogP contribution in [0.1, 0.15) is 38.5 Å². The predicted molar refractivity (Wildman–Crippen MR) is 294 cm³/mol. The highest BCUT2D eigenvalue weighted by molar-refractivity contribution is 5.02. The molecule has 6 N–H and O–H groups in total. The van der Waals surface area contributed by atoms with Gasteiger partial charge in [0.05, 0.1) is 36.6 Å². The summed E-state index contributed by atoms with van der Waals surface area (Å²) in [5.41, 5.74) is 0. The van der Waals surface area contributed by atoms with Crippen molar-refractivity contribution in [2.24, 2.45) is 0 Å². The van der Waals surface area contributed by atoms with Gasteiger partial charge in [0.25, 0.3) is 0 Å². The standard InChI is InChI=1S/C56H102O31/c1-63-33-27(15-21-57)78-52(46(71-9)39(33)64-2)84-35-29(17-23-59)80-54(48(73-11)41(35)66-4)86-37-31(19-25-61)82-56(50(75-13)43(37)68-6)87-38-32(20-26-62)81-55(49(74-12)44(38)69-7)85-36-30(18-24-60)79-53(47(72-10)42(36)67-5)83-34-28(16-22-58)77-51(76-14)45(70-8)40(34)65-3/h27-62H,15-26H2,1-14H3/t27?,28?,29?,30?,31?,32?,33-,34+,35+,36+,37+,38+,39-,40-,41-,42-,43-,44-,45?,46?,47?,48?,49?,50?,51-,52+,53+,54-,55-,56-/m1/s1. The van der Waals surface area contributed by atoms with Gasteiger partial charge in [0.15, 0.2) is 37.7 Å². The second kappa shape index (κ2) is 37.6. The van der Waals surface area contributed by atoms with Crippen LogP contribution in [0.5, 0.6) is 0 Å². The number of ether oxygens (including phenoxy) is 25. The van der Waals surface area contributed by atoms with Gasteiger partial charge in [-0.15, -0.1) is 0 Å². The lowest BCUT2D eigenvalue weighted by atomic mass is 9.92. The Morgan fingerprint density at radius 3 is 0.494 bits per heavy atom. The zero-order chi connectivity index (χ0) is 63.5. The monoisotopic (exact) mass is 1270 g/mol. The normalized spacial score (nSPS) is 43.9. The maximum Gasteiger partial charge on any atom is 0.187 e. The third kappa shape index (κ3) is 17.0. The van der Waals surface area contributed by atoms with Gasteiger partial charge in [-0.1, -0.05) is 0 Å². The van der Waals surface area contributed by atoms with E-state index in [1.807, 2.05) is 0 Å². The van der Waals surface area contributed by atoms with E-state index in [0.717, 1.165) is 0 Å². The van der Waals surface area contributed by atoms with E-state index in [9.17, 15) is 30.6 Å². The summed E-state index contributed by atoms with van der Waals surface area (Å²) in [6, 6.07) is 0. The number of aliphatic hydroxyl groups excluding tert-OH is 6. The quantitative estimate of drug-likeness (QED) is 0.0375. The molecule has 6 fully saturated rings. The van der Waals surface area contributed by atoms with Crippen molar-refractivity contribution in [3.63, 3.8) is 0 Å². The van der Waals surface area contributed by atoms with Crippen molar-refractivity contribution in [3.8, 4) is 0 Å². The Balaban J connectivity index is 1.24. The van der Waals surface area contributed by atoms with Gasteiger partial charge >= 0.3 is 0 Å². The summed E-state index contributed by atoms with van der Waals surface area (Å²) >= 11 is 0. The molecule has 0 amide bonds. The number of rotatable bonds is 36. The summed E-state index contributed by atoms with van der Waals surface area (Å²) in [6.07, 6.45) is -28.5. The van der Waals surface area contributed by atoms with Crippen molar-refractivity contribution in [1.29, 1.82) is 0 Å². The molecule has 0 radical (unpaired) electrons. The smallest absolute Gasteiger partial charge is 0.187 e. The van der Waals surface area contributed by atoms with Crippen molar-refractivity contribution in [2.45, 2.75) is 223 Å². The molecule has 0 saturated carbocycles. The lowest BCUT2D eigenvalue weighted by Gasteiger charge is -2.52. The van der Waals surface area contributed by atoms with Gasteiger partial charge in [-0.2, -0.15) is 0 Å². The molecule has 0 spiro atoms. The van der Waals surface area contributed by atoms with E-state index < -0.39 is 184 Å². The van der Waals surface area contributed by atoms with Gasteiger partial charge in [-0.3, -0.25) is 0 Å². The lowest BCUT2D eigenvalue weighted by molar-refractivity contribution is -0.399. The third-order valence-electron chi connectivity index (χ3n) is 17.3. The summed E-state index contributed by atoms with van der Waals surface area (Å²) < 4.78 is 157. The summed E-state index contributed by atoms with van der Waals surface area (Å²) in [7, 11) is 20.6. The minimum Gasteiger partial charge on any atom is -0.396 e. The third-order valence-corrected chi connectivity index (χ3v) is 17.3. The summed E-state index contributed by atoms with van der Waals surface area (Å²) in [5.74, 6) is 0. The Labute approximate surface area is 509 Å². The minimum absolute atomic E-state index is 0.00802. The molecule has 0 bridgehead atoms. The number of hydrogen-bond acceptors (Lipinski definition) is 31. The van der Waals surface area contributed by atoms with Gasteiger partial charge in [0.2, 0.25) is 0 Å². The molecule has 31 nitrogen and oxygen atoms in total. The molecular formula is C56H102O31. The van der Waals surface area contributed by atoms with Crippen LogP contribution in [0.25, 0.3) is 0 Å². The van der Waals surface area contributed by atoms with Crippen LogP contribution in [-0.2, 0) is 118 Å². The van der Waals surface area contributed by atoms with Crippen LogP contribution in [0.2, 0.25) is 0 Å². The van der Waals surface area contributed by atoms with Crippen molar-refractivity contribution in [2.75, 3.05) is 139 Å². The van der Waals surface area contributed by atoms with E-state index in [2.05, 4.69) is 0 Å². The zero-order valence-electron chi connectivity index (χ0n) is 52.7. The molecule has 6 rings (SSSR count). The molecule has 0 aliphatic carbocycles.